The van der Waals surface area contributed by atoms with Crippen LogP contribution in [0, 0.1) is 5.82 Å². The van der Waals surface area contributed by atoms with Crippen molar-refractivity contribution in [2.45, 2.75) is 26.3 Å². The summed E-state index contributed by atoms with van der Waals surface area (Å²) in [5.41, 5.74) is 3.54. The molecule has 0 saturated heterocycles. The molecule has 0 spiro atoms. The zero-order valence-corrected chi connectivity index (χ0v) is 18.2. The van der Waals surface area contributed by atoms with Gasteiger partial charge in [-0.3, -0.25) is 14.0 Å². The first-order chi connectivity index (χ1) is 14.4. The molecule has 0 saturated carbocycles. The van der Waals surface area contributed by atoms with Gasteiger partial charge in [0.25, 0.3) is 0 Å². The highest BCUT2D eigenvalue weighted by atomic mass is 32.2. The molecule has 2 aromatic carbocycles. The van der Waals surface area contributed by atoms with Crippen molar-refractivity contribution in [1.29, 1.82) is 0 Å². The van der Waals surface area contributed by atoms with Crippen molar-refractivity contribution in [3.8, 4) is 11.3 Å². The maximum Gasteiger partial charge on any atom is 0.154 e. The largest absolute Gasteiger partial charge is 0.455 e. The highest BCUT2D eigenvalue weighted by Crippen LogP contribution is 2.41. The van der Waals surface area contributed by atoms with E-state index >= 15 is 0 Å². The molecule has 30 heavy (non-hydrogen) atoms. The van der Waals surface area contributed by atoms with E-state index in [0.717, 1.165) is 42.4 Å². The number of halogens is 1. The lowest BCUT2D eigenvalue weighted by Gasteiger charge is -2.26. The van der Waals surface area contributed by atoms with Crippen LogP contribution in [0.5, 0.6) is 0 Å². The van der Waals surface area contributed by atoms with E-state index in [0.29, 0.717) is 29.0 Å². The summed E-state index contributed by atoms with van der Waals surface area (Å²) >= 11 is 0. The van der Waals surface area contributed by atoms with Crippen molar-refractivity contribution in [3.63, 3.8) is 0 Å². The first-order valence-electron chi connectivity index (χ1n) is 10.1. The van der Waals surface area contributed by atoms with Gasteiger partial charge in [0.2, 0.25) is 0 Å². The van der Waals surface area contributed by atoms with Gasteiger partial charge < -0.3 is 4.42 Å². The van der Waals surface area contributed by atoms with Crippen LogP contribution in [-0.4, -0.2) is 41.3 Å². The van der Waals surface area contributed by atoms with E-state index in [1.54, 1.807) is 18.4 Å². The fourth-order valence-electron chi connectivity index (χ4n) is 4.24. The molecule has 0 fully saturated rings. The van der Waals surface area contributed by atoms with Crippen LogP contribution in [-0.2, 0) is 11.0 Å². The first-order valence-corrected chi connectivity index (χ1v) is 11.6. The number of anilines is 1. The Labute approximate surface area is 178 Å². The second kappa shape index (κ2) is 8.32. The maximum atomic E-state index is 13.4. The minimum atomic E-state index is -1.19. The van der Waals surface area contributed by atoms with E-state index in [4.69, 9.17) is 4.42 Å². The Morgan fingerprint density at radius 1 is 1.23 bits per heavy atom. The molecule has 2 atom stereocenters. The number of carbonyl (C=O) groups excluding carboxylic acids is 1. The number of benzene rings is 2. The molecule has 0 aliphatic carbocycles. The molecule has 5 nitrogen and oxygen atoms in total. The molecule has 0 N–H and O–H groups in total. The molecule has 0 amide bonds. The Kier molecular flexibility index (Phi) is 5.75. The summed E-state index contributed by atoms with van der Waals surface area (Å²) < 4.78 is 33.8. The van der Waals surface area contributed by atoms with Gasteiger partial charge in [-0.1, -0.05) is 6.92 Å². The number of hydrogen-bond acceptors (Lipinski definition) is 4. The fraction of sp³-hybridized carbons (Fsp3) is 0.348. The third kappa shape index (κ3) is 3.56. The Hall–Kier alpha value is -2.51. The Balaban J connectivity index is 1.94. The predicted molar refractivity (Wildman–Crippen MR) is 119 cm³/mol. The van der Waals surface area contributed by atoms with Gasteiger partial charge in [-0.25, -0.2) is 8.60 Å². The molecule has 1 aromatic heterocycles. The summed E-state index contributed by atoms with van der Waals surface area (Å²) in [5.74, 6) is 0.0718. The van der Waals surface area contributed by atoms with Crippen LogP contribution in [0.2, 0.25) is 0 Å². The number of aldehydes is 1. The molecule has 2 unspecified atom stereocenters. The number of hydrogen-bond donors (Lipinski definition) is 0. The third-order valence-corrected chi connectivity index (χ3v) is 6.78. The van der Waals surface area contributed by atoms with Gasteiger partial charge in [0, 0.05) is 42.4 Å². The minimum Gasteiger partial charge on any atom is -0.455 e. The first kappa shape index (κ1) is 20.8. The molecular weight excluding hydrogens is 403 g/mol. The average Bonchev–Trinajstić information content (AvgIpc) is 3.03. The number of rotatable bonds is 5. The van der Waals surface area contributed by atoms with E-state index in [9.17, 15) is 13.4 Å². The van der Waals surface area contributed by atoms with Crippen LogP contribution >= 0.6 is 0 Å². The molecular formula is C23H25FN2O3S. The van der Waals surface area contributed by atoms with Crippen molar-refractivity contribution in [3.05, 3.63) is 53.3 Å². The van der Waals surface area contributed by atoms with E-state index < -0.39 is 11.0 Å². The topological polar surface area (TPSA) is 53.8 Å². The third-order valence-electron chi connectivity index (χ3n) is 5.78. The fourth-order valence-corrected chi connectivity index (χ4v) is 5.01. The van der Waals surface area contributed by atoms with Crippen LogP contribution in [0.3, 0.4) is 0 Å². The molecule has 0 radical (unpaired) electrons. The molecule has 0 bridgehead atoms. The zero-order chi connectivity index (χ0) is 21.4. The van der Waals surface area contributed by atoms with Crippen molar-refractivity contribution in [1.82, 2.24) is 4.90 Å². The number of furan rings is 1. The van der Waals surface area contributed by atoms with Crippen LogP contribution in [0.4, 0.5) is 10.1 Å². The standard InChI is InChI=1S/C23H25FN2O3S/c1-4-9-25-10-11-26(30(3)28)21-13-22-19(12-18(21)15(25)2)20(14-27)23(29-22)16-5-7-17(24)8-6-16/h5-8,12-15H,4,9-11H2,1-3H3. The molecule has 7 heteroatoms. The second-order valence-electron chi connectivity index (χ2n) is 7.61. The normalized spacial score (nSPS) is 18.3. The molecule has 2 heterocycles. The SMILES string of the molecule is CCCN1CCN(S(C)=O)c2cc3oc(-c4ccc(F)cc4)c(C=O)c3cc2C1C. The van der Waals surface area contributed by atoms with Gasteiger partial charge in [0.05, 0.1) is 11.3 Å². The van der Waals surface area contributed by atoms with Crippen molar-refractivity contribution < 1.29 is 17.8 Å². The quantitative estimate of drug-likeness (QED) is 0.540. The minimum absolute atomic E-state index is 0.113. The van der Waals surface area contributed by atoms with Crippen LogP contribution < -0.4 is 4.31 Å². The lowest BCUT2D eigenvalue weighted by Crippen LogP contribution is -2.33. The lowest BCUT2D eigenvalue weighted by molar-refractivity contribution is 0.112. The molecule has 1 aliphatic rings. The maximum absolute atomic E-state index is 13.4. The van der Waals surface area contributed by atoms with Gasteiger partial charge >= 0.3 is 0 Å². The molecule has 3 aromatic rings. The monoisotopic (exact) mass is 428 g/mol. The number of fused-ring (bicyclic) bond motifs is 2. The number of nitrogens with zero attached hydrogens (tertiary/aromatic N) is 2. The summed E-state index contributed by atoms with van der Waals surface area (Å²) in [6.45, 7) is 6.69. The van der Waals surface area contributed by atoms with Gasteiger partial charge in [-0.15, -0.1) is 0 Å². The van der Waals surface area contributed by atoms with E-state index in [-0.39, 0.29) is 11.9 Å². The van der Waals surface area contributed by atoms with Gasteiger partial charge in [0.1, 0.15) is 28.1 Å². The highest BCUT2D eigenvalue weighted by molar-refractivity contribution is 7.85. The highest BCUT2D eigenvalue weighted by Gasteiger charge is 2.29. The second-order valence-corrected chi connectivity index (χ2v) is 8.90. The van der Waals surface area contributed by atoms with E-state index in [1.165, 1.54) is 12.1 Å². The van der Waals surface area contributed by atoms with E-state index in [2.05, 4.69) is 18.7 Å². The Bertz CT molecular complexity index is 1110. The van der Waals surface area contributed by atoms with E-state index in [1.807, 2.05) is 16.4 Å². The van der Waals surface area contributed by atoms with Crippen molar-refractivity contribution in [2.75, 3.05) is 30.2 Å². The molecule has 4 rings (SSSR count). The zero-order valence-electron chi connectivity index (χ0n) is 17.4. The predicted octanol–water partition coefficient (Wildman–Crippen LogP) is 4.94. The summed E-state index contributed by atoms with van der Waals surface area (Å²) in [6, 6.07) is 9.88. The van der Waals surface area contributed by atoms with Crippen LogP contribution in [0.15, 0.2) is 40.8 Å². The van der Waals surface area contributed by atoms with Gasteiger partial charge in [0.15, 0.2) is 6.29 Å². The van der Waals surface area contributed by atoms with Crippen molar-refractivity contribution in [2.24, 2.45) is 0 Å². The van der Waals surface area contributed by atoms with Crippen LogP contribution in [0.25, 0.3) is 22.3 Å². The Morgan fingerprint density at radius 3 is 2.60 bits per heavy atom. The number of carbonyl (C=O) groups is 1. The lowest BCUT2D eigenvalue weighted by atomic mass is 10.00. The molecule has 158 valence electrons. The molecule has 1 aliphatic heterocycles. The van der Waals surface area contributed by atoms with Gasteiger partial charge in [-0.05, 0) is 55.8 Å². The summed E-state index contributed by atoms with van der Waals surface area (Å²) in [7, 11) is -1.19. The van der Waals surface area contributed by atoms with Gasteiger partial charge in [-0.2, -0.15) is 0 Å². The van der Waals surface area contributed by atoms with Crippen molar-refractivity contribution >= 4 is 33.9 Å². The average molecular weight is 429 g/mol. The summed E-state index contributed by atoms with van der Waals surface area (Å²) in [5, 5.41) is 0.718. The summed E-state index contributed by atoms with van der Waals surface area (Å²) in [4.78, 5) is 14.4. The summed E-state index contributed by atoms with van der Waals surface area (Å²) in [6.07, 6.45) is 3.49. The van der Waals surface area contributed by atoms with Crippen LogP contribution in [0.1, 0.15) is 42.2 Å². The Morgan fingerprint density at radius 2 is 1.97 bits per heavy atom. The smallest absolute Gasteiger partial charge is 0.154 e.